The Balaban J connectivity index is 1.41. The number of aromatic amines is 1. The highest BCUT2D eigenvalue weighted by molar-refractivity contribution is 6.04. The number of aromatic nitrogens is 2. The number of halogens is 3. The van der Waals surface area contributed by atoms with E-state index >= 15 is 4.39 Å². The van der Waals surface area contributed by atoms with Crippen LogP contribution in [0.3, 0.4) is 0 Å². The summed E-state index contributed by atoms with van der Waals surface area (Å²) in [7, 11) is 0. The quantitative estimate of drug-likeness (QED) is 0.419. The zero-order valence-electron chi connectivity index (χ0n) is 19.5. The number of amides is 3. The average Bonchev–Trinajstić information content (AvgIpc) is 3.51. The number of H-pyrrole nitrogens is 1. The van der Waals surface area contributed by atoms with Gasteiger partial charge in [-0.25, -0.2) is 22.9 Å². The largest absolute Gasteiger partial charge is 0.366 e. The van der Waals surface area contributed by atoms with Crippen molar-refractivity contribution in [3.8, 4) is 11.3 Å². The van der Waals surface area contributed by atoms with Crippen molar-refractivity contribution in [1.82, 2.24) is 20.2 Å². The van der Waals surface area contributed by atoms with E-state index in [9.17, 15) is 18.4 Å². The molecule has 2 aliphatic rings. The monoisotopic (exact) mass is 500 g/mol. The topological polar surface area (TPSA) is 116 Å². The first-order valence-corrected chi connectivity index (χ1v) is 12.1. The van der Waals surface area contributed by atoms with Crippen LogP contribution in [0.2, 0.25) is 0 Å². The van der Waals surface area contributed by atoms with Crippen molar-refractivity contribution in [2.24, 2.45) is 5.73 Å². The number of hydrogen-bond acceptors (Lipinski definition) is 4. The molecule has 3 aromatic rings. The molecule has 36 heavy (non-hydrogen) atoms. The van der Waals surface area contributed by atoms with Crippen LogP contribution >= 0.6 is 0 Å². The second-order valence-electron chi connectivity index (χ2n) is 9.44. The molecule has 5 rings (SSSR count). The number of nitrogens with one attached hydrogen (secondary N) is 3. The summed E-state index contributed by atoms with van der Waals surface area (Å²) in [6.45, 7) is 1.51. The third-order valence-corrected chi connectivity index (χ3v) is 6.94. The molecule has 8 nitrogen and oxygen atoms in total. The molecular weight excluding hydrogens is 473 g/mol. The van der Waals surface area contributed by atoms with Crippen molar-refractivity contribution in [1.29, 1.82) is 0 Å². The first-order chi connectivity index (χ1) is 17.3. The van der Waals surface area contributed by atoms with Gasteiger partial charge in [-0.05, 0) is 50.7 Å². The summed E-state index contributed by atoms with van der Waals surface area (Å²) in [5, 5.41) is 6.33. The number of rotatable bonds is 5. The van der Waals surface area contributed by atoms with Gasteiger partial charge in [0.25, 0.3) is 5.91 Å². The summed E-state index contributed by atoms with van der Waals surface area (Å²) in [5.41, 5.74) is 5.54. The van der Waals surface area contributed by atoms with Crippen molar-refractivity contribution >= 4 is 28.7 Å². The standard InChI is InChI=1S/C25H27F3N6O2/c26-13-8-16-18(12-30-22(16)19(27)9-13)21-17(23(29)35)11-20(28)24(33-21)31-14-4-3-5-15(10-14)32-25(36)34-6-1-2-7-34/h8-9,11-12,14-15,30H,1-7,10H2,(H2,29,35)(H,31,33)(H,32,36)/t14-,15+/m1/s1. The number of likely N-dealkylation sites (tertiary alicyclic amines) is 1. The molecule has 2 atom stereocenters. The molecule has 2 fully saturated rings. The number of hydrogen-bond donors (Lipinski definition) is 4. The fourth-order valence-electron chi connectivity index (χ4n) is 5.17. The average molecular weight is 501 g/mol. The number of benzene rings is 1. The summed E-state index contributed by atoms with van der Waals surface area (Å²) in [6, 6.07) is 2.53. The van der Waals surface area contributed by atoms with Crippen molar-refractivity contribution in [2.75, 3.05) is 18.4 Å². The van der Waals surface area contributed by atoms with Gasteiger partial charge in [0.15, 0.2) is 11.6 Å². The molecule has 190 valence electrons. The van der Waals surface area contributed by atoms with Crippen molar-refractivity contribution in [3.63, 3.8) is 0 Å². The molecule has 5 N–H and O–H groups in total. The van der Waals surface area contributed by atoms with E-state index in [-0.39, 0.29) is 51.7 Å². The zero-order valence-corrected chi connectivity index (χ0v) is 19.5. The second-order valence-corrected chi connectivity index (χ2v) is 9.44. The van der Waals surface area contributed by atoms with E-state index in [1.54, 1.807) is 4.90 Å². The Labute approximate surface area is 205 Å². The van der Waals surface area contributed by atoms with Crippen LogP contribution in [0.15, 0.2) is 24.4 Å². The first-order valence-electron chi connectivity index (χ1n) is 12.1. The van der Waals surface area contributed by atoms with Gasteiger partial charge in [-0.1, -0.05) is 0 Å². The molecule has 0 bridgehead atoms. The van der Waals surface area contributed by atoms with E-state index in [2.05, 4.69) is 20.6 Å². The fourth-order valence-corrected chi connectivity index (χ4v) is 5.17. The Morgan fingerprint density at radius 2 is 1.78 bits per heavy atom. The van der Waals surface area contributed by atoms with Gasteiger partial charge in [-0.3, -0.25) is 4.79 Å². The minimum absolute atomic E-state index is 0.0114. The van der Waals surface area contributed by atoms with Gasteiger partial charge in [0.2, 0.25) is 0 Å². The van der Waals surface area contributed by atoms with Gasteiger partial charge in [-0.2, -0.15) is 0 Å². The fraction of sp³-hybridized carbons (Fsp3) is 0.400. The lowest BCUT2D eigenvalue weighted by Crippen LogP contribution is -2.47. The lowest BCUT2D eigenvalue weighted by atomic mass is 9.91. The van der Waals surface area contributed by atoms with Crippen LogP contribution in [-0.4, -0.2) is 52.0 Å². The summed E-state index contributed by atoms with van der Waals surface area (Å²) < 4.78 is 43.2. The number of fused-ring (bicyclic) bond motifs is 1. The maximum absolute atomic E-state index is 15.0. The molecular formula is C25H27F3N6O2. The summed E-state index contributed by atoms with van der Waals surface area (Å²) in [4.78, 5) is 33.4. The number of primary amides is 1. The molecule has 0 radical (unpaired) electrons. The van der Waals surface area contributed by atoms with E-state index in [0.29, 0.717) is 6.42 Å². The molecule has 1 saturated carbocycles. The molecule has 1 aromatic carbocycles. The van der Waals surface area contributed by atoms with Crippen molar-refractivity contribution in [2.45, 2.75) is 50.6 Å². The lowest BCUT2D eigenvalue weighted by Gasteiger charge is -2.32. The zero-order chi connectivity index (χ0) is 25.4. The molecule has 1 saturated heterocycles. The Morgan fingerprint density at radius 3 is 2.53 bits per heavy atom. The number of nitrogens with two attached hydrogens (primary N) is 1. The molecule has 1 aliphatic heterocycles. The number of carbonyl (C=O) groups excluding carboxylic acids is 2. The maximum atomic E-state index is 15.0. The Morgan fingerprint density at radius 1 is 1.03 bits per heavy atom. The summed E-state index contributed by atoms with van der Waals surface area (Å²) in [6.07, 6.45) is 6.38. The van der Waals surface area contributed by atoms with Crippen LogP contribution in [0.4, 0.5) is 23.8 Å². The maximum Gasteiger partial charge on any atom is 0.317 e. The summed E-state index contributed by atoms with van der Waals surface area (Å²) >= 11 is 0. The minimum Gasteiger partial charge on any atom is -0.366 e. The van der Waals surface area contributed by atoms with Gasteiger partial charge in [-0.15, -0.1) is 0 Å². The number of carbonyl (C=O) groups is 2. The summed E-state index contributed by atoms with van der Waals surface area (Å²) in [5.74, 6) is -3.39. The highest BCUT2D eigenvalue weighted by Crippen LogP contribution is 2.34. The van der Waals surface area contributed by atoms with Crippen LogP contribution in [0.1, 0.15) is 48.9 Å². The molecule has 3 heterocycles. The predicted octanol–water partition coefficient (Wildman–Crippen LogP) is 4.27. The Bertz CT molecular complexity index is 1320. The van der Waals surface area contributed by atoms with Crippen LogP contribution < -0.4 is 16.4 Å². The number of urea groups is 1. The lowest BCUT2D eigenvalue weighted by molar-refractivity contribution is 0.1000. The molecule has 3 amide bonds. The van der Waals surface area contributed by atoms with Crippen LogP contribution in [0, 0.1) is 17.5 Å². The van der Waals surface area contributed by atoms with E-state index in [1.807, 2.05) is 0 Å². The number of nitrogens with zero attached hydrogens (tertiary/aromatic N) is 2. The van der Waals surface area contributed by atoms with Crippen LogP contribution in [-0.2, 0) is 0 Å². The van der Waals surface area contributed by atoms with Gasteiger partial charge in [0, 0.05) is 48.4 Å². The second kappa shape index (κ2) is 9.71. The predicted molar refractivity (Wildman–Crippen MR) is 129 cm³/mol. The minimum atomic E-state index is -0.920. The van der Waals surface area contributed by atoms with Crippen LogP contribution in [0.25, 0.3) is 22.2 Å². The molecule has 1 aliphatic carbocycles. The van der Waals surface area contributed by atoms with Gasteiger partial charge in [0.05, 0.1) is 16.8 Å². The third kappa shape index (κ3) is 4.69. The number of anilines is 1. The van der Waals surface area contributed by atoms with E-state index < -0.39 is 23.4 Å². The molecule has 0 spiro atoms. The SMILES string of the molecule is NC(=O)c1cc(F)c(N[C@@H]2CCC[C@H](NC(=O)N3CCCC3)C2)nc1-c1c[nH]c2c(F)cc(F)cc12. The molecule has 0 unspecified atom stereocenters. The smallest absolute Gasteiger partial charge is 0.317 e. The van der Waals surface area contributed by atoms with Crippen molar-refractivity contribution in [3.05, 3.63) is 47.4 Å². The first kappa shape index (κ1) is 24.0. The van der Waals surface area contributed by atoms with E-state index in [4.69, 9.17) is 5.73 Å². The highest BCUT2D eigenvalue weighted by Gasteiger charge is 2.28. The Hall–Kier alpha value is -3.76. The van der Waals surface area contributed by atoms with E-state index in [1.165, 1.54) is 6.20 Å². The van der Waals surface area contributed by atoms with Crippen molar-refractivity contribution < 1.29 is 22.8 Å². The van der Waals surface area contributed by atoms with E-state index in [0.717, 1.165) is 63.4 Å². The van der Waals surface area contributed by atoms with Gasteiger partial charge >= 0.3 is 6.03 Å². The molecule has 2 aromatic heterocycles. The normalized spacial score (nSPS) is 20.0. The van der Waals surface area contributed by atoms with Gasteiger partial charge < -0.3 is 26.3 Å². The Kier molecular flexibility index (Phi) is 6.46. The highest BCUT2D eigenvalue weighted by atomic mass is 19.1. The number of pyridine rings is 1. The van der Waals surface area contributed by atoms with Gasteiger partial charge in [0.1, 0.15) is 11.6 Å². The third-order valence-electron chi connectivity index (χ3n) is 6.94. The molecule has 11 heteroatoms. The van der Waals surface area contributed by atoms with Crippen LogP contribution in [0.5, 0.6) is 0 Å².